The van der Waals surface area contributed by atoms with Crippen LogP contribution in [0.15, 0.2) is 24.3 Å². The van der Waals surface area contributed by atoms with E-state index in [2.05, 4.69) is 0 Å². The molecule has 1 rings (SSSR count). The van der Waals surface area contributed by atoms with Crippen LogP contribution in [0, 0.1) is 0 Å². The molecule has 0 amide bonds. The zero-order chi connectivity index (χ0) is 14.1. The van der Waals surface area contributed by atoms with Gasteiger partial charge in [0.25, 0.3) is 0 Å². The maximum Gasteiger partial charge on any atom is 0.374 e. The van der Waals surface area contributed by atoms with Crippen molar-refractivity contribution in [2.75, 3.05) is 13.7 Å². The van der Waals surface area contributed by atoms with E-state index in [0.717, 1.165) is 24.2 Å². The summed E-state index contributed by atoms with van der Waals surface area (Å²) in [4.78, 5) is 22.7. The molecule has 1 aromatic rings. The van der Waals surface area contributed by atoms with E-state index in [1.54, 1.807) is 7.11 Å². The van der Waals surface area contributed by atoms with Crippen molar-refractivity contribution < 1.29 is 19.1 Å². The molecule has 0 aliphatic carbocycles. The minimum absolute atomic E-state index is 0.231. The van der Waals surface area contributed by atoms with Crippen LogP contribution in [0.5, 0.6) is 5.75 Å². The summed E-state index contributed by atoms with van der Waals surface area (Å²) in [6, 6.07) is 7.68. The predicted octanol–water partition coefficient (Wildman–Crippen LogP) is 2.54. The molecule has 0 fully saturated rings. The van der Waals surface area contributed by atoms with Crippen molar-refractivity contribution in [1.29, 1.82) is 0 Å². The van der Waals surface area contributed by atoms with Crippen LogP contribution in [-0.4, -0.2) is 25.5 Å². The molecule has 0 spiro atoms. The van der Waals surface area contributed by atoms with Crippen molar-refractivity contribution in [3.63, 3.8) is 0 Å². The molecule has 0 atom stereocenters. The van der Waals surface area contributed by atoms with Crippen LogP contribution < -0.4 is 4.74 Å². The topological polar surface area (TPSA) is 52.6 Å². The Kier molecular flexibility index (Phi) is 6.64. The molecule has 0 N–H and O–H groups in total. The number of methoxy groups -OCH3 is 1. The first-order valence-corrected chi connectivity index (χ1v) is 6.50. The van der Waals surface area contributed by atoms with E-state index >= 15 is 0 Å². The maximum atomic E-state index is 11.4. The zero-order valence-corrected chi connectivity index (χ0v) is 11.5. The average Bonchev–Trinajstić information content (AvgIpc) is 2.45. The molecule has 0 aliphatic heterocycles. The smallest absolute Gasteiger partial charge is 0.374 e. The number of rotatable bonds is 8. The second kappa shape index (κ2) is 8.29. The summed E-state index contributed by atoms with van der Waals surface area (Å²) in [7, 11) is 1.62. The van der Waals surface area contributed by atoms with E-state index in [1.165, 1.54) is 0 Å². The molecule has 1 aromatic carbocycles. The summed E-state index contributed by atoms with van der Waals surface area (Å²) in [5, 5.41) is 0. The fraction of sp³-hybridized carbons (Fsp3) is 0.467. The van der Waals surface area contributed by atoms with Gasteiger partial charge >= 0.3 is 5.97 Å². The Morgan fingerprint density at radius 3 is 2.42 bits per heavy atom. The average molecular weight is 264 g/mol. The largest absolute Gasteiger partial charge is 0.497 e. The van der Waals surface area contributed by atoms with Gasteiger partial charge in [-0.25, -0.2) is 4.79 Å². The molecule has 0 heterocycles. The molecule has 0 aromatic heterocycles. The second-order valence-corrected chi connectivity index (χ2v) is 4.26. The number of Topliss-reactive ketones (excluding diaryl/α,β-unsaturated/α-hetero) is 1. The van der Waals surface area contributed by atoms with Crippen molar-refractivity contribution in [2.24, 2.45) is 0 Å². The first kappa shape index (κ1) is 15.2. The first-order valence-electron chi connectivity index (χ1n) is 6.50. The van der Waals surface area contributed by atoms with E-state index < -0.39 is 11.8 Å². The van der Waals surface area contributed by atoms with Gasteiger partial charge in [0.15, 0.2) is 0 Å². The Bertz CT molecular complexity index is 409. The van der Waals surface area contributed by atoms with Gasteiger partial charge in [0.1, 0.15) is 5.75 Å². The third kappa shape index (κ3) is 5.55. The van der Waals surface area contributed by atoms with Crippen LogP contribution in [-0.2, 0) is 20.7 Å². The number of ether oxygens (including phenoxy) is 2. The fourth-order valence-corrected chi connectivity index (χ4v) is 1.62. The SMILES string of the molecule is CCCOC(=O)C(=O)CCCc1ccc(OC)cc1. The highest BCUT2D eigenvalue weighted by Gasteiger charge is 2.14. The van der Waals surface area contributed by atoms with Gasteiger partial charge in [0.2, 0.25) is 5.78 Å². The van der Waals surface area contributed by atoms with Gasteiger partial charge in [-0.2, -0.15) is 0 Å². The summed E-state index contributed by atoms with van der Waals surface area (Å²) >= 11 is 0. The number of hydrogen-bond donors (Lipinski definition) is 0. The number of carbonyl (C=O) groups excluding carboxylic acids is 2. The van der Waals surface area contributed by atoms with Gasteiger partial charge in [0.05, 0.1) is 13.7 Å². The Labute approximate surface area is 113 Å². The normalized spacial score (nSPS) is 10.0. The number of carbonyl (C=O) groups is 2. The summed E-state index contributed by atoms with van der Waals surface area (Å²) < 4.78 is 9.85. The van der Waals surface area contributed by atoms with Crippen molar-refractivity contribution in [1.82, 2.24) is 0 Å². The Balaban J connectivity index is 2.29. The van der Waals surface area contributed by atoms with Crippen molar-refractivity contribution in [2.45, 2.75) is 32.6 Å². The van der Waals surface area contributed by atoms with E-state index in [1.807, 2.05) is 31.2 Å². The third-order valence-corrected chi connectivity index (χ3v) is 2.69. The minimum Gasteiger partial charge on any atom is -0.497 e. The summed E-state index contributed by atoms with van der Waals surface area (Å²) in [5.74, 6) is -0.346. The molecule has 4 nitrogen and oxygen atoms in total. The van der Waals surface area contributed by atoms with Gasteiger partial charge in [-0.15, -0.1) is 0 Å². The molecule has 0 saturated carbocycles. The molecule has 0 unspecified atom stereocenters. The van der Waals surface area contributed by atoms with E-state index in [4.69, 9.17) is 9.47 Å². The van der Waals surface area contributed by atoms with Gasteiger partial charge in [-0.1, -0.05) is 19.1 Å². The molecular weight excluding hydrogens is 244 g/mol. The van der Waals surface area contributed by atoms with E-state index in [0.29, 0.717) is 13.0 Å². The fourth-order valence-electron chi connectivity index (χ4n) is 1.62. The van der Waals surface area contributed by atoms with Crippen LogP contribution in [0.2, 0.25) is 0 Å². The Morgan fingerprint density at radius 1 is 1.16 bits per heavy atom. The quantitative estimate of drug-likeness (QED) is 0.535. The molecule has 0 bridgehead atoms. The van der Waals surface area contributed by atoms with Gasteiger partial charge in [-0.3, -0.25) is 4.79 Å². The van der Waals surface area contributed by atoms with Crippen molar-refractivity contribution >= 4 is 11.8 Å². The van der Waals surface area contributed by atoms with Crippen LogP contribution in [0.25, 0.3) is 0 Å². The zero-order valence-electron chi connectivity index (χ0n) is 11.5. The highest BCUT2D eigenvalue weighted by molar-refractivity contribution is 6.33. The van der Waals surface area contributed by atoms with Crippen LogP contribution >= 0.6 is 0 Å². The first-order chi connectivity index (χ1) is 9.17. The van der Waals surface area contributed by atoms with Crippen LogP contribution in [0.4, 0.5) is 0 Å². The highest BCUT2D eigenvalue weighted by Crippen LogP contribution is 2.13. The Hall–Kier alpha value is -1.84. The standard InChI is InChI=1S/C15H20O4/c1-3-11-19-15(17)14(16)6-4-5-12-7-9-13(18-2)10-8-12/h7-10H,3-6,11H2,1-2H3. The Morgan fingerprint density at radius 2 is 1.84 bits per heavy atom. The molecular formula is C15H20O4. The highest BCUT2D eigenvalue weighted by atomic mass is 16.5. The predicted molar refractivity (Wildman–Crippen MR) is 72.2 cm³/mol. The van der Waals surface area contributed by atoms with Crippen LogP contribution in [0.1, 0.15) is 31.7 Å². The minimum atomic E-state index is -0.711. The number of hydrogen-bond acceptors (Lipinski definition) is 4. The summed E-state index contributed by atoms with van der Waals surface area (Å²) in [5.41, 5.74) is 1.12. The van der Waals surface area contributed by atoms with Crippen LogP contribution in [0.3, 0.4) is 0 Å². The van der Waals surface area contributed by atoms with Crippen molar-refractivity contribution in [3.8, 4) is 5.75 Å². The molecule has 0 saturated heterocycles. The third-order valence-electron chi connectivity index (χ3n) is 2.69. The maximum absolute atomic E-state index is 11.4. The summed E-state index contributed by atoms with van der Waals surface area (Å²) in [6.45, 7) is 2.20. The number of benzene rings is 1. The number of ketones is 1. The van der Waals surface area contributed by atoms with E-state index in [-0.39, 0.29) is 6.42 Å². The lowest BCUT2D eigenvalue weighted by atomic mass is 10.1. The molecule has 0 radical (unpaired) electrons. The lowest BCUT2D eigenvalue weighted by Gasteiger charge is -2.04. The molecule has 0 aliphatic rings. The second-order valence-electron chi connectivity index (χ2n) is 4.26. The molecule has 104 valence electrons. The monoisotopic (exact) mass is 264 g/mol. The van der Waals surface area contributed by atoms with Gasteiger partial charge in [-0.05, 0) is 37.0 Å². The lowest BCUT2D eigenvalue weighted by Crippen LogP contribution is -2.17. The number of aryl methyl sites for hydroxylation is 1. The summed E-state index contributed by atoms with van der Waals surface area (Å²) in [6.07, 6.45) is 2.36. The molecule has 19 heavy (non-hydrogen) atoms. The van der Waals surface area contributed by atoms with Crippen molar-refractivity contribution in [3.05, 3.63) is 29.8 Å². The van der Waals surface area contributed by atoms with E-state index in [9.17, 15) is 9.59 Å². The molecule has 4 heteroatoms. The van der Waals surface area contributed by atoms with Gasteiger partial charge < -0.3 is 9.47 Å². The van der Waals surface area contributed by atoms with Gasteiger partial charge in [0, 0.05) is 6.42 Å². The number of esters is 1. The lowest BCUT2D eigenvalue weighted by molar-refractivity contribution is -0.153.